The number of hydrogen-bond acceptors (Lipinski definition) is 4. The van der Waals surface area contributed by atoms with Gasteiger partial charge in [0.1, 0.15) is 5.82 Å². The van der Waals surface area contributed by atoms with Gasteiger partial charge in [0.25, 0.3) is 5.91 Å². The van der Waals surface area contributed by atoms with Crippen LogP contribution in [0.25, 0.3) is 0 Å². The molecule has 3 rings (SSSR count). The van der Waals surface area contributed by atoms with Crippen LogP contribution in [0.1, 0.15) is 30.1 Å². The number of halogens is 1. The van der Waals surface area contributed by atoms with Crippen LogP contribution in [-0.4, -0.2) is 74.6 Å². The molecule has 2 aliphatic heterocycles. The van der Waals surface area contributed by atoms with Crippen molar-refractivity contribution in [3.05, 3.63) is 29.6 Å². The van der Waals surface area contributed by atoms with E-state index in [1.165, 1.54) is 6.07 Å². The Balaban J connectivity index is 1.64. The van der Waals surface area contributed by atoms with Gasteiger partial charge in [0.15, 0.2) is 0 Å². The molecule has 1 N–H and O–H groups in total. The summed E-state index contributed by atoms with van der Waals surface area (Å²) in [6, 6.07) is 5.43. The minimum absolute atomic E-state index is 0.0594. The van der Waals surface area contributed by atoms with Gasteiger partial charge in [-0.15, -0.1) is 0 Å². The smallest absolute Gasteiger partial charge is 0.253 e. The standard InChI is InChI=1S/C19H29FN4O/c1-3-22-10-12-23(13-11-22)18-5-4-15(14-17(18)20)19(25)24-8-6-16(21-2)7-9-24/h4-5,14,16,21H,3,6-13H2,1-2H3. The molecule has 6 heteroatoms. The van der Waals surface area contributed by atoms with Crippen LogP contribution < -0.4 is 10.2 Å². The molecule has 25 heavy (non-hydrogen) atoms. The van der Waals surface area contributed by atoms with Crippen LogP contribution in [0.3, 0.4) is 0 Å². The predicted octanol–water partition coefficient (Wildman–Crippen LogP) is 1.79. The summed E-state index contributed by atoms with van der Waals surface area (Å²) >= 11 is 0. The van der Waals surface area contributed by atoms with Gasteiger partial charge in [0, 0.05) is 50.9 Å². The number of carbonyl (C=O) groups excluding carboxylic acids is 1. The summed E-state index contributed by atoms with van der Waals surface area (Å²) in [5.74, 6) is -0.350. The van der Waals surface area contributed by atoms with Gasteiger partial charge in [-0.1, -0.05) is 6.92 Å². The summed E-state index contributed by atoms with van der Waals surface area (Å²) in [5, 5.41) is 3.26. The third-order valence-corrected chi connectivity index (χ3v) is 5.55. The van der Waals surface area contributed by atoms with Gasteiger partial charge in [-0.2, -0.15) is 0 Å². The largest absolute Gasteiger partial charge is 0.367 e. The summed E-state index contributed by atoms with van der Waals surface area (Å²) in [4.78, 5) is 18.9. The van der Waals surface area contributed by atoms with Crippen LogP contribution in [0.4, 0.5) is 10.1 Å². The Morgan fingerprint density at radius 2 is 1.84 bits per heavy atom. The van der Waals surface area contributed by atoms with Crippen molar-refractivity contribution in [2.75, 3.05) is 57.8 Å². The molecule has 1 amide bonds. The SMILES string of the molecule is CCN1CCN(c2ccc(C(=O)N3CCC(NC)CC3)cc2F)CC1. The van der Waals surface area contributed by atoms with Crippen molar-refractivity contribution >= 4 is 11.6 Å². The van der Waals surface area contributed by atoms with E-state index in [0.29, 0.717) is 17.3 Å². The number of likely N-dealkylation sites (tertiary alicyclic amines) is 1. The lowest BCUT2D eigenvalue weighted by molar-refractivity contribution is 0.0707. The summed E-state index contributed by atoms with van der Waals surface area (Å²) in [7, 11) is 1.95. The highest BCUT2D eigenvalue weighted by atomic mass is 19.1. The molecule has 1 aromatic rings. The van der Waals surface area contributed by atoms with Crippen molar-refractivity contribution in [3.63, 3.8) is 0 Å². The third kappa shape index (κ3) is 4.12. The first-order chi connectivity index (χ1) is 12.1. The monoisotopic (exact) mass is 348 g/mol. The highest BCUT2D eigenvalue weighted by Gasteiger charge is 2.24. The highest BCUT2D eigenvalue weighted by Crippen LogP contribution is 2.23. The van der Waals surface area contributed by atoms with E-state index in [0.717, 1.165) is 58.7 Å². The van der Waals surface area contributed by atoms with Crippen molar-refractivity contribution in [2.24, 2.45) is 0 Å². The molecule has 2 fully saturated rings. The first-order valence-electron chi connectivity index (χ1n) is 9.35. The molecule has 0 bridgehead atoms. The number of amides is 1. The molecule has 138 valence electrons. The van der Waals surface area contributed by atoms with Gasteiger partial charge in [0.05, 0.1) is 5.69 Å². The van der Waals surface area contributed by atoms with Crippen molar-refractivity contribution in [1.82, 2.24) is 15.1 Å². The van der Waals surface area contributed by atoms with E-state index in [1.807, 2.05) is 11.9 Å². The fourth-order valence-corrected chi connectivity index (χ4v) is 3.76. The lowest BCUT2D eigenvalue weighted by Gasteiger charge is -2.35. The third-order valence-electron chi connectivity index (χ3n) is 5.55. The second-order valence-corrected chi connectivity index (χ2v) is 6.94. The maximum absolute atomic E-state index is 14.6. The Labute approximate surface area is 149 Å². The minimum atomic E-state index is -0.291. The fourth-order valence-electron chi connectivity index (χ4n) is 3.76. The Bertz CT molecular complexity index is 593. The Kier molecular flexibility index (Phi) is 5.91. The number of piperazine rings is 1. The first kappa shape index (κ1) is 18.1. The van der Waals surface area contributed by atoms with E-state index in [2.05, 4.69) is 22.0 Å². The van der Waals surface area contributed by atoms with Gasteiger partial charge in [0.2, 0.25) is 0 Å². The quantitative estimate of drug-likeness (QED) is 0.900. The molecule has 2 heterocycles. The molecule has 0 atom stereocenters. The van der Waals surface area contributed by atoms with E-state index < -0.39 is 0 Å². The zero-order valence-corrected chi connectivity index (χ0v) is 15.3. The molecule has 1 aromatic carbocycles. The van der Waals surface area contributed by atoms with Crippen molar-refractivity contribution in [2.45, 2.75) is 25.8 Å². The second-order valence-electron chi connectivity index (χ2n) is 6.94. The van der Waals surface area contributed by atoms with Crippen LogP contribution in [-0.2, 0) is 0 Å². The van der Waals surface area contributed by atoms with Gasteiger partial charge < -0.3 is 20.0 Å². The molecule has 0 saturated carbocycles. The van der Waals surface area contributed by atoms with Gasteiger partial charge in [-0.05, 0) is 44.6 Å². The molecule has 5 nitrogen and oxygen atoms in total. The number of rotatable bonds is 4. The summed E-state index contributed by atoms with van der Waals surface area (Å²) in [6.45, 7) is 8.21. The summed E-state index contributed by atoms with van der Waals surface area (Å²) in [5.41, 5.74) is 1.07. The average Bonchev–Trinajstić information content (AvgIpc) is 2.67. The van der Waals surface area contributed by atoms with Gasteiger partial charge in [-0.3, -0.25) is 4.79 Å². The van der Waals surface area contributed by atoms with Crippen LogP contribution in [0.2, 0.25) is 0 Å². The molecular formula is C19H29FN4O. The number of carbonyl (C=O) groups is 1. The number of hydrogen-bond donors (Lipinski definition) is 1. The number of benzene rings is 1. The summed E-state index contributed by atoms with van der Waals surface area (Å²) < 4.78 is 14.6. The molecule has 0 radical (unpaired) electrons. The Hall–Kier alpha value is -1.66. The number of likely N-dealkylation sites (N-methyl/N-ethyl adjacent to an activating group) is 1. The minimum Gasteiger partial charge on any atom is -0.367 e. The maximum atomic E-state index is 14.6. The zero-order chi connectivity index (χ0) is 17.8. The Morgan fingerprint density at radius 3 is 2.40 bits per heavy atom. The number of piperidine rings is 1. The topological polar surface area (TPSA) is 38.8 Å². The maximum Gasteiger partial charge on any atom is 0.253 e. The normalized spacial score (nSPS) is 20.1. The molecule has 2 saturated heterocycles. The van der Waals surface area contributed by atoms with E-state index in [9.17, 15) is 9.18 Å². The Morgan fingerprint density at radius 1 is 1.16 bits per heavy atom. The number of anilines is 1. The molecular weight excluding hydrogens is 319 g/mol. The fraction of sp³-hybridized carbons (Fsp3) is 0.632. The number of nitrogens with zero attached hydrogens (tertiary/aromatic N) is 3. The van der Waals surface area contributed by atoms with Crippen molar-refractivity contribution < 1.29 is 9.18 Å². The lowest BCUT2D eigenvalue weighted by atomic mass is 10.0. The van der Waals surface area contributed by atoms with Crippen LogP contribution in [0.5, 0.6) is 0 Å². The van der Waals surface area contributed by atoms with E-state index >= 15 is 0 Å². The molecule has 0 unspecified atom stereocenters. The highest BCUT2D eigenvalue weighted by molar-refractivity contribution is 5.94. The van der Waals surface area contributed by atoms with Gasteiger partial charge >= 0.3 is 0 Å². The predicted molar refractivity (Wildman–Crippen MR) is 98.7 cm³/mol. The first-order valence-corrected chi connectivity index (χ1v) is 9.35. The lowest BCUT2D eigenvalue weighted by Crippen LogP contribution is -2.46. The van der Waals surface area contributed by atoms with Crippen molar-refractivity contribution in [1.29, 1.82) is 0 Å². The zero-order valence-electron chi connectivity index (χ0n) is 15.3. The molecule has 0 aromatic heterocycles. The van der Waals surface area contributed by atoms with Crippen molar-refractivity contribution in [3.8, 4) is 0 Å². The molecule has 2 aliphatic rings. The van der Waals surface area contributed by atoms with E-state index in [-0.39, 0.29) is 11.7 Å². The number of nitrogens with one attached hydrogen (secondary N) is 1. The van der Waals surface area contributed by atoms with Crippen LogP contribution >= 0.6 is 0 Å². The summed E-state index contributed by atoms with van der Waals surface area (Å²) in [6.07, 6.45) is 1.90. The van der Waals surface area contributed by atoms with Crippen LogP contribution in [0, 0.1) is 5.82 Å². The van der Waals surface area contributed by atoms with E-state index in [1.54, 1.807) is 12.1 Å². The molecule has 0 aliphatic carbocycles. The van der Waals surface area contributed by atoms with E-state index in [4.69, 9.17) is 0 Å². The average molecular weight is 348 g/mol. The van der Waals surface area contributed by atoms with Crippen LogP contribution in [0.15, 0.2) is 18.2 Å². The molecule has 0 spiro atoms. The second kappa shape index (κ2) is 8.15. The van der Waals surface area contributed by atoms with Gasteiger partial charge in [-0.25, -0.2) is 4.39 Å².